The number of nitrogens with zero attached hydrogens (tertiary/aromatic N) is 3. The third-order valence-electron chi connectivity index (χ3n) is 3.89. The van der Waals surface area contributed by atoms with Gasteiger partial charge in [0.05, 0.1) is 24.1 Å². The van der Waals surface area contributed by atoms with Crippen LogP contribution in [0.1, 0.15) is 25.3 Å². The molecule has 18 heavy (non-hydrogen) atoms. The summed E-state index contributed by atoms with van der Waals surface area (Å²) in [6, 6.07) is 2.39. The molecule has 4 rings (SSSR count). The van der Waals surface area contributed by atoms with Crippen LogP contribution in [0.5, 0.6) is 0 Å². The van der Waals surface area contributed by atoms with Crippen LogP contribution in [0.15, 0.2) is 24.8 Å². The first-order chi connectivity index (χ1) is 8.83. The van der Waals surface area contributed by atoms with E-state index >= 15 is 0 Å². The van der Waals surface area contributed by atoms with E-state index in [9.17, 15) is 5.11 Å². The van der Waals surface area contributed by atoms with E-state index in [4.69, 9.17) is 0 Å². The molecule has 0 bridgehead atoms. The largest absolute Gasteiger partial charge is 0.393 e. The monoisotopic (exact) mass is 242 g/mol. The predicted octanol–water partition coefficient (Wildman–Crippen LogP) is 2.00. The van der Waals surface area contributed by atoms with Gasteiger partial charge in [-0.1, -0.05) is 0 Å². The number of hydrogen-bond acceptors (Lipinski definition) is 3. The number of aliphatic hydroxyl groups is 1. The minimum absolute atomic E-state index is 0.170. The molecule has 3 aromatic rings. The summed E-state index contributed by atoms with van der Waals surface area (Å²) in [5, 5.41) is 10.8. The van der Waals surface area contributed by atoms with Crippen molar-refractivity contribution in [2.24, 2.45) is 0 Å². The lowest BCUT2D eigenvalue weighted by Gasteiger charge is -2.12. The van der Waals surface area contributed by atoms with Crippen LogP contribution < -0.4 is 0 Å². The zero-order valence-electron chi connectivity index (χ0n) is 9.87. The van der Waals surface area contributed by atoms with Crippen molar-refractivity contribution in [2.75, 3.05) is 0 Å². The second kappa shape index (κ2) is 3.55. The SMILES string of the molecule is O[C@H]1CC[C@H](n2cnc3cnc4[nH]ccc4c32)C1. The van der Waals surface area contributed by atoms with E-state index in [0.717, 1.165) is 41.3 Å². The van der Waals surface area contributed by atoms with Gasteiger partial charge in [0.2, 0.25) is 0 Å². The van der Waals surface area contributed by atoms with Crippen LogP contribution in [0.4, 0.5) is 0 Å². The Hall–Kier alpha value is -1.88. The Bertz CT molecular complexity index is 714. The molecule has 1 aliphatic carbocycles. The fourth-order valence-electron chi connectivity index (χ4n) is 3.00. The van der Waals surface area contributed by atoms with Crippen molar-refractivity contribution >= 4 is 22.1 Å². The number of aromatic nitrogens is 4. The highest BCUT2D eigenvalue weighted by Crippen LogP contribution is 2.34. The van der Waals surface area contributed by atoms with Crippen LogP contribution in [-0.4, -0.2) is 30.7 Å². The fraction of sp³-hybridized carbons (Fsp3) is 0.385. The summed E-state index contributed by atoms with van der Waals surface area (Å²) in [7, 11) is 0. The van der Waals surface area contributed by atoms with Crippen LogP contribution in [0.2, 0.25) is 0 Å². The van der Waals surface area contributed by atoms with Crippen LogP contribution in [-0.2, 0) is 0 Å². The zero-order valence-corrected chi connectivity index (χ0v) is 9.87. The molecular weight excluding hydrogens is 228 g/mol. The molecule has 0 saturated heterocycles. The molecule has 0 amide bonds. The van der Waals surface area contributed by atoms with Gasteiger partial charge in [-0.15, -0.1) is 0 Å². The molecular formula is C13H14N4O. The second-order valence-corrected chi connectivity index (χ2v) is 5.00. The van der Waals surface area contributed by atoms with Gasteiger partial charge in [-0.3, -0.25) is 0 Å². The van der Waals surface area contributed by atoms with Gasteiger partial charge >= 0.3 is 0 Å². The average Bonchev–Trinajstić information content (AvgIpc) is 3.03. The van der Waals surface area contributed by atoms with E-state index in [-0.39, 0.29) is 6.10 Å². The normalized spacial score (nSPS) is 24.3. The van der Waals surface area contributed by atoms with Gasteiger partial charge in [-0.25, -0.2) is 9.97 Å². The summed E-state index contributed by atoms with van der Waals surface area (Å²) >= 11 is 0. The first-order valence-electron chi connectivity index (χ1n) is 6.29. The number of hydrogen-bond donors (Lipinski definition) is 2. The van der Waals surface area contributed by atoms with Crippen LogP contribution >= 0.6 is 0 Å². The molecule has 0 aliphatic heterocycles. The molecule has 5 nitrogen and oxygen atoms in total. The minimum Gasteiger partial charge on any atom is -0.393 e. The van der Waals surface area contributed by atoms with Crippen molar-refractivity contribution in [3.63, 3.8) is 0 Å². The molecule has 3 heterocycles. The molecule has 0 unspecified atom stereocenters. The van der Waals surface area contributed by atoms with Gasteiger partial charge in [-0.2, -0.15) is 0 Å². The molecule has 2 atom stereocenters. The molecule has 5 heteroatoms. The lowest BCUT2D eigenvalue weighted by Crippen LogP contribution is -2.06. The number of aromatic amines is 1. The third-order valence-corrected chi connectivity index (χ3v) is 3.89. The number of nitrogens with one attached hydrogen (secondary N) is 1. The lowest BCUT2D eigenvalue weighted by molar-refractivity contribution is 0.178. The molecule has 0 radical (unpaired) electrons. The van der Waals surface area contributed by atoms with E-state index in [2.05, 4.69) is 19.5 Å². The highest BCUT2D eigenvalue weighted by atomic mass is 16.3. The van der Waals surface area contributed by atoms with Crippen LogP contribution in [0.25, 0.3) is 22.1 Å². The third kappa shape index (κ3) is 1.31. The summed E-state index contributed by atoms with van der Waals surface area (Å²) in [5.41, 5.74) is 2.94. The molecule has 1 aliphatic rings. The molecule has 3 aromatic heterocycles. The number of rotatable bonds is 1. The molecule has 0 aromatic carbocycles. The number of fused-ring (bicyclic) bond motifs is 3. The first-order valence-corrected chi connectivity index (χ1v) is 6.29. The number of imidazole rings is 1. The summed E-state index contributed by atoms with van der Waals surface area (Å²) < 4.78 is 2.20. The number of H-pyrrole nitrogens is 1. The summed E-state index contributed by atoms with van der Waals surface area (Å²) in [6.45, 7) is 0. The van der Waals surface area contributed by atoms with E-state index in [1.165, 1.54) is 0 Å². The van der Waals surface area contributed by atoms with Gasteiger partial charge in [0.15, 0.2) is 0 Å². The van der Waals surface area contributed by atoms with E-state index in [0.29, 0.717) is 6.04 Å². The van der Waals surface area contributed by atoms with Crippen molar-refractivity contribution < 1.29 is 5.11 Å². The Morgan fingerprint density at radius 2 is 2.28 bits per heavy atom. The van der Waals surface area contributed by atoms with E-state index < -0.39 is 0 Å². The van der Waals surface area contributed by atoms with Gasteiger partial charge in [0, 0.05) is 17.6 Å². The van der Waals surface area contributed by atoms with Gasteiger partial charge in [0.25, 0.3) is 0 Å². The fourth-order valence-corrected chi connectivity index (χ4v) is 3.00. The summed E-state index contributed by atoms with van der Waals surface area (Å²) in [4.78, 5) is 11.9. The maximum Gasteiger partial charge on any atom is 0.139 e. The van der Waals surface area contributed by atoms with Crippen LogP contribution in [0.3, 0.4) is 0 Å². The van der Waals surface area contributed by atoms with Crippen molar-refractivity contribution in [2.45, 2.75) is 31.4 Å². The minimum atomic E-state index is -0.170. The highest BCUT2D eigenvalue weighted by Gasteiger charge is 2.25. The zero-order chi connectivity index (χ0) is 12.1. The smallest absolute Gasteiger partial charge is 0.139 e. The Kier molecular flexibility index (Phi) is 1.99. The number of pyridine rings is 1. The second-order valence-electron chi connectivity index (χ2n) is 5.00. The first kappa shape index (κ1) is 10.1. The maximum atomic E-state index is 9.69. The van der Waals surface area contributed by atoms with Gasteiger partial charge in [-0.05, 0) is 25.3 Å². The molecule has 92 valence electrons. The van der Waals surface area contributed by atoms with Crippen molar-refractivity contribution in [1.82, 2.24) is 19.5 Å². The standard InChI is InChI=1S/C13H14N4O/c18-9-2-1-8(5-9)17-7-16-11-6-15-13-10(12(11)17)3-4-14-13/h3-4,6-9,18H,1-2,5H2,(H,14,15)/t8-,9-/m0/s1. The molecule has 0 spiro atoms. The average molecular weight is 242 g/mol. The predicted molar refractivity (Wildman–Crippen MR) is 68.3 cm³/mol. The van der Waals surface area contributed by atoms with E-state index in [1.54, 1.807) is 6.20 Å². The van der Waals surface area contributed by atoms with Gasteiger partial charge < -0.3 is 14.7 Å². The highest BCUT2D eigenvalue weighted by molar-refractivity contribution is 6.00. The Balaban J connectivity index is 1.97. The van der Waals surface area contributed by atoms with Crippen molar-refractivity contribution in [1.29, 1.82) is 0 Å². The van der Waals surface area contributed by atoms with E-state index in [1.807, 2.05) is 18.6 Å². The topological polar surface area (TPSA) is 66.7 Å². The van der Waals surface area contributed by atoms with Crippen molar-refractivity contribution in [3.05, 3.63) is 24.8 Å². The van der Waals surface area contributed by atoms with Crippen LogP contribution in [0, 0.1) is 0 Å². The van der Waals surface area contributed by atoms with Gasteiger partial charge in [0.1, 0.15) is 11.2 Å². The number of aliphatic hydroxyl groups excluding tert-OH is 1. The lowest BCUT2D eigenvalue weighted by atomic mass is 10.2. The Morgan fingerprint density at radius 1 is 1.33 bits per heavy atom. The molecule has 1 fully saturated rings. The van der Waals surface area contributed by atoms with Crippen molar-refractivity contribution in [3.8, 4) is 0 Å². The molecule has 2 N–H and O–H groups in total. The summed E-state index contributed by atoms with van der Waals surface area (Å²) in [6.07, 6.45) is 8.12. The molecule has 1 saturated carbocycles. The quantitative estimate of drug-likeness (QED) is 0.686. The Labute approximate surface area is 103 Å². The maximum absolute atomic E-state index is 9.69. The Morgan fingerprint density at radius 3 is 3.11 bits per heavy atom. The summed E-state index contributed by atoms with van der Waals surface area (Å²) in [5.74, 6) is 0.